The largest absolute Gasteiger partial charge is 0.469 e. The van der Waals surface area contributed by atoms with E-state index >= 15 is 0 Å². The Morgan fingerprint density at radius 1 is 1.12 bits per heavy atom. The minimum Gasteiger partial charge on any atom is -0.469 e. The number of para-hydroxylation sites is 1. The number of anilines is 2. The molecule has 1 aliphatic heterocycles. The van der Waals surface area contributed by atoms with Crippen molar-refractivity contribution in [2.75, 3.05) is 17.3 Å². The van der Waals surface area contributed by atoms with Crippen molar-refractivity contribution in [3.8, 4) is 0 Å². The zero-order valence-corrected chi connectivity index (χ0v) is 14.0. The molecule has 5 heteroatoms. The lowest BCUT2D eigenvalue weighted by Crippen LogP contribution is -2.50. The summed E-state index contributed by atoms with van der Waals surface area (Å²) in [5.41, 5.74) is 4.05. The van der Waals surface area contributed by atoms with E-state index in [0.717, 1.165) is 22.5 Å². The fraction of sp³-hybridized carbons (Fsp3) is 0.263. The van der Waals surface area contributed by atoms with Crippen LogP contribution < -0.4 is 10.2 Å². The van der Waals surface area contributed by atoms with E-state index in [0.29, 0.717) is 5.56 Å². The van der Waals surface area contributed by atoms with Gasteiger partial charge in [-0.25, -0.2) is 0 Å². The molecule has 124 valence electrons. The highest BCUT2D eigenvalue weighted by atomic mass is 16.5. The number of esters is 1. The summed E-state index contributed by atoms with van der Waals surface area (Å²) in [6.07, 6.45) is -0.412. The van der Waals surface area contributed by atoms with Crippen molar-refractivity contribution in [3.63, 3.8) is 0 Å². The molecule has 1 heterocycles. The second-order valence-corrected chi connectivity index (χ2v) is 5.90. The molecule has 2 aromatic carbocycles. The number of nitrogens with zero attached hydrogens (tertiary/aromatic N) is 1. The van der Waals surface area contributed by atoms with Crippen molar-refractivity contribution in [2.45, 2.75) is 26.4 Å². The molecule has 5 nitrogen and oxygen atoms in total. The van der Waals surface area contributed by atoms with Gasteiger partial charge in [-0.2, -0.15) is 0 Å². The van der Waals surface area contributed by atoms with Gasteiger partial charge in [0.05, 0.1) is 19.1 Å². The summed E-state index contributed by atoms with van der Waals surface area (Å²) >= 11 is 0. The minimum absolute atomic E-state index is 0.0734. The molecule has 1 aliphatic rings. The minimum atomic E-state index is -0.486. The van der Waals surface area contributed by atoms with Crippen molar-refractivity contribution in [3.05, 3.63) is 59.2 Å². The average molecular weight is 324 g/mol. The van der Waals surface area contributed by atoms with Gasteiger partial charge in [0.2, 0.25) is 0 Å². The Labute approximate surface area is 141 Å². The van der Waals surface area contributed by atoms with E-state index in [1.165, 1.54) is 7.11 Å². The zero-order chi connectivity index (χ0) is 17.3. The van der Waals surface area contributed by atoms with Gasteiger partial charge >= 0.3 is 5.97 Å². The fourth-order valence-electron chi connectivity index (χ4n) is 3.07. The molecule has 0 spiro atoms. The first-order chi connectivity index (χ1) is 11.5. The van der Waals surface area contributed by atoms with Crippen LogP contribution >= 0.6 is 0 Å². The Hall–Kier alpha value is -2.82. The molecular weight excluding hydrogens is 304 g/mol. The highest BCUT2D eigenvalue weighted by Crippen LogP contribution is 2.33. The van der Waals surface area contributed by atoms with E-state index in [-0.39, 0.29) is 18.3 Å². The number of aryl methyl sites for hydroxylation is 2. The standard InChI is InChI=1S/C19H20N2O3/c1-12-7-4-5-10-15(12)21-16(11-17(22)24-3)20-14-9-6-8-13(2)18(14)19(21)23/h4-10,16,20H,11H2,1-3H3. The number of nitrogens with one attached hydrogen (secondary N) is 1. The molecule has 1 N–H and O–H groups in total. The van der Waals surface area contributed by atoms with Crippen LogP contribution in [0.3, 0.4) is 0 Å². The summed E-state index contributed by atoms with van der Waals surface area (Å²) in [6, 6.07) is 13.3. The van der Waals surface area contributed by atoms with Crippen LogP contribution in [0.25, 0.3) is 0 Å². The summed E-state index contributed by atoms with van der Waals surface area (Å²) in [4.78, 5) is 26.7. The number of amides is 1. The van der Waals surface area contributed by atoms with E-state index < -0.39 is 6.17 Å². The Kier molecular flexibility index (Phi) is 4.25. The number of benzene rings is 2. The molecule has 3 rings (SSSR count). The summed E-state index contributed by atoms with van der Waals surface area (Å²) in [6.45, 7) is 3.86. The highest BCUT2D eigenvalue weighted by Gasteiger charge is 2.35. The summed E-state index contributed by atoms with van der Waals surface area (Å²) in [5.74, 6) is -0.472. The number of carbonyl (C=O) groups excluding carboxylic acids is 2. The lowest BCUT2D eigenvalue weighted by molar-refractivity contribution is -0.140. The molecular formula is C19H20N2O3. The van der Waals surface area contributed by atoms with Gasteiger partial charge in [0.25, 0.3) is 5.91 Å². The number of carbonyl (C=O) groups is 2. The van der Waals surface area contributed by atoms with E-state index in [9.17, 15) is 9.59 Å². The second-order valence-electron chi connectivity index (χ2n) is 5.90. The number of ether oxygens (including phenoxy) is 1. The summed E-state index contributed by atoms with van der Waals surface area (Å²) < 4.78 is 4.80. The maximum absolute atomic E-state index is 13.2. The molecule has 1 unspecified atom stereocenters. The lowest BCUT2D eigenvalue weighted by Gasteiger charge is -2.38. The number of hydrogen-bond donors (Lipinski definition) is 1. The monoisotopic (exact) mass is 324 g/mol. The second kappa shape index (κ2) is 6.35. The van der Waals surface area contributed by atoms with Crippen LogP contribution in [0.1, 0.15) is 27.9 Å². The first-order valence-electron chi connectivity index (χ1n) is 7.85. The molecule has 0 radical (unpaired) electrons. The Balaban J connectivity index is 2.11. The molecule has 1 atom stereocenters. The van der Waals surface area contributed by atoms with Gasteiger partial charge in [0.1, 0.15) is 6.17 Å². The van der Waals surface area contributed by atoms with Gasteiger partial charge in [0.15, 0.2) is 0 Å². The van der Waals surface area contributed by atoms with Crippen molar-refractivity contribution < 1.29 is 14.3 Å². The maximum Gasteiger partial charge on any atom is 0.309 e. The summed E-state index contributed by atoms with van der Waals surface area (Å²) in [5, 5.41) is 3.31. The molecule has 0 fully saturated rings. The van der Waals surface area contributed by atoms with Crippen LogP contribution in [0.2, 0.25) is 0 Å². The molecule has 0 bridgehead atoms. The number of methoxy groups -OCH3 is 1. The Morgan fingerprint density at radius 3 is 2.54 bits per heavy atom. The molecule has 0 aromatic heterocycles. The highest BCUT2D eigenvalue weighted by molar-refractivity contribution is 6.13. The molecule has 1 amide bonds. The van der Waals surface area contributed by atoms with E-state index in [1.807, 2.05) is 56.3 Å². The van der Waals surface area contributed by atoms with Gasteiger partial charge in [0, 0.05) is 11.4 Å². The first kappa shape index (κ1) is 16.1. The Bertz CT molecular complexity index is 801. The van der Waals surface area contributed by atoms with Gasteiger partial charge in [-0.05, 0) is 37.1 Å². The topological polar surface area (TPSA) is 58.6 Å². The van der Waals surface area contributed by atoms with E-state index in [2.05, 4.69) is 5.32 Å². The first-order valence-corrected chi connectivity index (χ1v) is 7.85. The van der Waals surface area contributed by atoms with Crippen molar-refractivity contribution >= 4 is 23.3 Å². The molecule has 0 saturated heterocycles. The third-order valence-electron chi connectivity index (χ3n) is 4.30. The van der Waals surface area contributed by atoms with Crippen molar-refractivity contribution in [1.29, 1.82) is 0 Å². The predicted octanol–water partition coefficient (Wildman–Crippen LogP) is 3.26. The SMILES string of the molecule is COC(=O)CC1Nc2cccc(C)c2C(=O)N1c1ccccc1C. The quantitative estimate of drug-likeness (QED) is 0.881. The van der Waals surface area contributed by atoms with E-state index in [1.54, 1.807) is 4.90 Å². The van der Waals surface area contributed by atoms with Crippen molar-refractivity contribution in [2.24, 2.45) is 0 Å². The fourth-order valence-corrected chi connectivity index (χ4v) is 3.07. The van der Waals surface area contributed by atoms with E-state index in [4.69, 9.17) is 4.74 Å². The van der Waals surface area contributed by atoms with Gasteiger partial charge in [-0.15, -0.1) is 0 Å². The van der Waals surface area contributed by atoms with Crippen LogP contribution in [0.15, 0.2) is 42.5 Å². The maximum atomic E-state index is 13.2. The van der Waals surface area contributed by atoms with Crippen molar-refractivity contribution in [1.82, 2.24) is 0 Å². The molecule has 24 heavy (non-hydrogen) atoms. The van der Waals surface area contributed by atoms with Crippen LogP contribution in [-0.4, -0.2) is 25.2 Å². The predicted molar refractivity (Wildman–Crippen MR) is 93.2 cm³/mol. The average Bonchev–Trinajstić information content (AvgIpc) is 2.56. The van der Waals surface area contributed by atoms with Crippen LogP contribution in [0.4, 0.5) is 11.4 Å². The molecule has 2 aromatic rings. The van der Waals surface area contributed by atoms with Crippen LogP contribution in [0, 0.1) is 13.8 Å². The third kappa shape index (κ3) is 2.73. The van der Waals surface area contributed by atoms with Gasteiger partial charge < -0.3 is 10.1 Å². The zero-order valence-electron chi connectivity index (χ0n) is 14.0. The normalized spacial score (nSPS) is 16.4. The summed E-state index contributed by atoms with van der Waals surface area (Å²) in [7, 11) is 1.35. The number of hydrogen-bond acceptors (Lipinski definition) is 4. The van der Waals surface area contributed by atoms with Gasteiger partial charge in [-0.3, -0.25) is 14.5 Å². The van der Waals surface area contributed by atoms with Crippen LogP contribution in [0.5, 0.6) is 0 Å². The molecule has 0 saturated carbocycles. The van der Waals surface area contributed by atoms with Gasteiger partial charge in [-0.1, -0.05) is 30.3 Å². The smallest absolute Gasteiger partial charge is 0.309 e. The lowest BCUT2D eigenvalue weighted by atomic mass is 9.99. The third-order valence-corrected chi connectivity index (χ3v) is 4.30. The Morgan fingerprint density at radius 2 is 1.83 bits per heavy atom. The molecule has 0 aliphatic carbocycles. The van der Waals surface area contributed by atoms with Crippen LogP contribution in [-0.2, 0) is 9.53 Å². The number of fused-ring (bicyclic) bond motifs is 1. The number of rotatable bonds is 3.